The van der Waals surface area contributed by atoms with E-state index in [1.807, 2.05) is 26.8 Å². The Hall–Kier alpha value is -0.830. The maximum Gasteiger partial charge on any atom is 0.228 e. The topological polar surface area (TPSA) is 29.1 Å². The van der Waals surface area contributed by atoms with Crippen LogP contribution in [0.25, 0.3) is 0 Å². The summed E-state index contributed by atoms with van der Waals surface area (Å²) in [4.78, 5) is 12.0. The molecule has 0 fully saturated rings. The zero-order chi connectivity index (χ0) is 11.9. The number of benzene rings is 1. The largest absolute Gasteiger partial charge is 0.347 e. The van der Waals surface area contributed by atoms with E-state index in [2.05, 4.69) is 33.4 Å². The van der Waals surface area contributed by atoms with Crippen LogP contribution in [0.2, 0.25) is 0 Å². The van der Waals surface area contributed by atoms with Crippen molar-refractivity contribution in [2.24, 2.45) is 0 Å². The summed E-state index contributed by atoms with van der Waals surface area (Å²) in [5, 5.41) is 3.08. The fourth-order valence-corrected chi connectivity index (χ4v) is 2.78. The van der Waals surface area contributed by atoms with Crippen molar-refractivity contribution in [2.45, 2.75) is 38.6 Å². The highest BCUT2D eigenvalue weighted by Crippen LogP contribution is 2.37. The van der Waals surface area contributed by atoms with Gasteiger partial charge >= 0.3 is 0 Å². The molecule has 0 aromatic heterocycles. The Morgan fingerprint density at radius 2 is 2.12 bits per heavy atom. The van der Waals surface area contributed by atoms with Gasteiger partial charge in [0.1, 0.15) is 0 Å². The SMILES string of the molecule is CCC1C(=O)NC(C)(C)c2ccc(Br)cc21. The first kappa shape index (κ1) is 11.6. The normalized spacial score (nSPS) is 22.5. The summed E-state index contributed by atoms with van der Waals surface area (Å²) in [7, 11) is 0. The van der Waals surface area contributed by atoms with Crippen molar-refractivity contribution in [1.82, 2.24) is 5.32 Å². The van der Waals surface area contributed by atoms with Crippen molar-refractivity contribution in [1.29, 1.82) is 0 Å². The number of carbonyl (C=O) groups is 1. The van der Waals surface area contributed by atoms with Gasteiger partial charge in [0, 0.05) is 4.47 Å². The van der Waals surface area contributed by atoms with Crippen molar-refractivity contribution in [2.75, 3.05) is 0 Å². The third kappa shape index (κ3) is 1.77. The van der Waals surface area contributed by atoms with Gasteiger partial charge < -0.3 is 5.32 Å². The van der Waals surface area contributed by atoms with Gasteiger partial charge in [0.2, 0.25) is 5.91 Å². The Labute approximate surface area is 105 Å². The highest BCUT2D eigenvalue weighted by atomic mass is 79.9. The summed E-state index contributed by atoms with van der Waals surface area (Å²) < 4.78 is 1.04. The number of amides is 1. The van der Waals surface area contributed by atoms with E-state index in [9.17, 15) is 4.79 Å². The third-order valence-electron chi connectivity index (χ3n) is 3.22. The molecule has 2 rings (SSSR count). The number of hydrogen-bond donors (Lipinski definition) is 1. The average Bonchev–Trinajstić information content (AvgIpc) is 2.16. The molecule has 1 amide bonds. The van der Waals surface area contributed by atoms with Gasteiger partial charge in [-0.1, -0.05) is 28.9 Å². The van der Waals surface area contributed by atoms with E-state index in [1.165, 1.54) is 5.56 Å². The quantitative estimate of drug-likeness (QED) is 0.841. The van der Waals surface area contributed by atoms with Crippen LogP contribution >= 0.6 is 15.9 Å². The molecule has 1 aromatic carbocycles. The van der Waals surface area contributed by atoms with Gasteiger partial charge in [-0.2, -0.15) is 0 Å². The molecule has 1 heterocycles. The van der Waals surface area contributed by atoms with Crippen LogP contribution in [0.4, 0.5) is 0 Å². The van der Waals surface area contributed by atoms with Crippen LogP contribution < -0.4 is 5.32 Å². The molecule has 3 heteroatoms. The maximum atomic E-state index is 12.0. The molecule has 0 saturated heterocycles. The van der Waals surface area contributed by atoms with E-state index in [-0.39, 0.29) is 17.4 Å². The molecule has 0 spiro atoms. The maximum absolute atomic E-state index is 12.0. The van der Waals surface area contributed by atoms with Gasteiger partial charge in [0.05, 0.1) is 11.5 Å². The first-order valence-corrected chi connectivity index (χ1v) is 6.37. The fraction of sp³-hybridized carbons (Fsp3) is 0.462. The molecule has 16 heavy (non-hydrogen) atoms. The van der Waals surface area contributed by atoms with E-state index >= 15 is 0 Å². The second kappa shape index (κ2) is 3.88. The molecular formula is C13H16BrNO. The summed E-state index contributed by atoms with van der Waals surface area (Å²) in [6.07, 6.45) is 0.839. The Kier molecular flexibility index (Phi) is 2.82. The molecule has 1 unspecified atom stereocenters. The Morgan fingerprint density at radius 1 is 1.44 bits per heavy atom. The van der Waals surface area contributed by atoms with Crippen LogP contribution in [0.1, 0.15) is 44.2 Å². The van der Waals surface area contributed by atoms with Gasteiger partial charge in [0.15, 0.2) is 0 Å². The minimum absolute atomic E-state index is 0.0134. The monoisotopic (exact) mass is 281 g/mol. The van der Waals surface area contributed by atoms with Crippen LogP contribution in [0.5, 0.6) is 0 Å². The minimum atomic E-state index is -0.265. The van der Waals surface area contributed by atoms with Crippen LogP contribution in [0.3, 0.4) is 0 Å². The molecule has 86 valence electrons. The molecule has 0 bridgehead atoms. The van der Waals surface area contributed by atoms with E-state index in [4.69, 9.17) is 0 Å². The highest BCUT2D eigenvalue weighted by molar-refractivity contribution is 9.10. The average molecular weight is 282 g/mol. The lowest BCUT2D eigenvalue weighted by molar-refractivity contribution is -0.125. The second-order valence-corrected chi connectivity index (χ2v) is 5.72. The summed E-state index contributed by atoms with van der Waals surface area (Å²) >= 11 is 3.47. The number of carbonyl (C=O) groups excluding carboxylic acids is 1. The van der Waals surface area contributed by atoms with Crippen LogP contribution in [0.15, 0.2) is 22.7 Å². The Morgan fingerprint density at radius 3 is 2.75 bits per heavy atom. The molecule has 2 nitrogen and oxygen atoms in total. The number of halogens is 1. The fourth-order valence-electron chi connectivity index (χ4n) is 2.40. The number of fused-ring (bicyclic) bond motifs is 1. The zero-order valence-electron chi connectivity index (χ0n) is 9.80. The van der Waals surface area contributed by atoms with Crippen LogP contribution in [0, 0.1) is 0 Å². The number of rotatable bonds is 1. The molecule has 1 aromatic rings. The van der Waals surface area contributed by atoms with Gasteiger partial charge in [0.25, 0.3) is 0 Å². The number of nitrogens with one attached hydrogen (secondary N) is 1. The molecule has 1 aliphatic heterocycles. The van der Waals surface area contributed by atoms with Gasteiger partial charge in [-0.25, -0.2) is 0 Å². The predicted octanol–water partition coefficient (Wildman–Crippen LogP) is 3.31. The lowest BCUT2D eigenvalue weighted by Crippen LogP contribution is -2.48. The summed E-state index contributed by atoms with van der Waals surface area (Å²) in [6, 6.07) is 6.20. The van der Waals surface area contributed by atoms with Crippen LogP contribution in [-0.4, -0.2) is 5.91 Å². The molecule has 0 radical (unpaired) electrons. The zero-order valence-corrected chi connectivity index (χ0v) is 11.4. The van der Waals surface area contributed by atoms with Gasteiger partial charge in [-0.15, -0.1) is 0 Å². The third-order valence-corrected chi connectivity index (χ3v) is 3.72. The first-order valence-electron chi connectivity index (χ1n) is 5.57. The molecule has 0 aliphatic carbocycles. The molecule has 1 aliphatic rings. The van der Waals surface area contributed by atoms with Crippen molar-refractivity contribution in [3.8, 4) is 0 Å². The summed E-state index contributed by atoms with van der Waals surface area (Å²) in [5.74, 6) is 0.124. The predicted molar refractivity (Wildman–Crippen MR) is 68.3 cm³/mol. The minimum Gasteiger partial charge on any atom is -0.347 e. The van der Waals surface area contributed by atoms with Crippen molar-refractivity contribution >= 4 is 21.8 Å². The number of hydrogen-bond acceptors (Lipinski definition) is 1. The standard InChI is InChI=1S/C13H16BrNO/c1-4-9-10-7-8(14)5-6-11(10)13(2,3)15-12(9)16/h5-7,9H,4H2,1-3H3,(H,15,16). The smallest absolute Gasteiger partial charge is 0.228 e. The molecule has 1 atom stereocenters. The molecular weight excluding hydrogens is 266 g/mol. The van der Waals surface area contributed by atoms with Crippen molar-refractivity contribution < 1.29 is 4.79 Å². The first-order chi connectivity index (χ1) is 7.45. The Bertz CT molecular complexity index is 440. The molecule has 1 N–H and O–H groups in total. The molecule has 0 saturated carbocycles. The lowest BCUT2D eigenvalue weighted by atomic mass is 9.79. The summed E-state index contributed by atoms with van der Waals surface area (Å²) in [5.41, 5.74) is 2.12. The summed E-state index contributed by atoms with van der Waals surface area (Å²) in [6.45, 7) is 6.14. The Balaban J connectivity index is 2.62. The van der Waals surface area contributed by atoms with Crippen molar-refractivity contribution in [3.63, 3.8) is 0 Å². The van der Waals surface area contributed by atoms with Gasteiger partial charge in [-0.05, 0) is 43.5 Å². The second-order valence-electron chi connectivity index (χ2n) is 4.81. The lowest BCUT2D eigenvalue weighted by Gasteiger charge is -2.37. The van der Waals surface area contributed by atoms with E-state index in [0.717, 1.165) is 16.5 Å². The van der Waals surface area contributed by atoms with Gasteiger partial charge in [-0.3, -0.25) is 4.79 Å². The van der Waals surface area contributed by atoms with E-state index < -0.39 is 0 Å². The van der Waals surface area contributed by atoms with E-state index in [0.29, 0.717) is 0 Å². The van der Waals surface area contributed by atoms with Crippen LogP contribution in [-0.2, 0) is 10.3 Å². The van der Waals surface area contributed by atoms with Crippen molar-refractivity contribution in [3.05, 3.63) is 33.8 Å². The highest BCUT2D eigenvalue weighted by Gasteiger charge is 2.36. The van der Waals surface area contributed by atoms with E-state index in [1.54, 1.807) is 0 Å².